The Morgan fingerprint density at radius 3 is 2.50 bits per heavy atom. The Kier molecular flexibility index (Phi) is 5.45. The molecule has 4 heteroatoms. The molecule has 0 aromatic heterocycles. The van der Waals surface area contributed by atoms with Crippen LogP contribution >= 0.6 is 0 Å². The van der Waals surface area contributed by atoms with E-state index >= 15 is 0 Å². The number of carbonyl (C=O) groups excluding carboxylic acids is 1. The van der Waals surface area contributed by atoms with Gasteiger partial charge < -0.3 is 15.7 Å². The third-order valence-corrected chi connectivity index (χ3v) is 4.35. The van der Waals surface area contributed by atoms with Crippen molar-refractivity contribution in [3.63, 3.8) is 0 Å². The minimum atomic E-state index is -0.310. The maximum Gasteiger partial charge on any atom is 0.315 e. The standard InChI is InChI=1S/C14H28N2O2/c1-4-14(3,9-10-17)16-12(18)15-11-13(2)7-5-6-8-13/h17H,4-11H2,1-3H3,(H2,15,16,18). The summed E-state index contributed by atoms with van der Waals surface area (Å²) in [5.74, 6) is 0. The minimum Gasteiger partial charge on any atom is -0.396 e. The third kappa shape index (κ3) is 4.48. The summed E-state index contributed by atoms with van der Waals surface area (Å²) in [4.78, 5) is 11.9. The van der Waals surface area contributed by atoms with Crippen molar-refractivity contribution in [2.75, 3.05) is 13.2 Å². The Hall–Kier alpha value is -0.770. The maximum atomic E-state index is 11.9. The predicted octanol–water partition coefficient (Wildman–Crippen LogP) is 2.42. The normalized spacial score (nSPS) is 21.3. The molecule has 0 saturated heterocycles. The number of rotatable bonds is 6. The second kappa shape index (κ2) is 6.41. The van der Waals surface area contributed by atoms with Gasteiger partial charge >= 0.3 is 6.03 Å². The van der Waals surface area contributed by atoms with Crippen LogP contribution in [0.4, 0.5) is 4.79 Å². The van der Waals surface area contributed by atoms with Gasteiger partial charge in [-0.25, -0.2) is 4.79 Å². The van der Waals surface area contributed by atoms with Crippen molar-refractivity contribution in [1.82, 2.24) is 10.6 Å². The summed E-state index contributed by atoms with van der Waals surface area (Å²) in [7, 11) is 0. The molecular formula is C14H28N2O2. The molecule has 0 aromatic rings. The van der Waals surface area contributed by atoms with Gasteiger partial charge in [0.2, 0.25) is 0 Å². The second-order valence-electron chi connectivity index (χ2n) is 6.21. The van der Waals surface area contributed by atoms with Gasteiger partial charge in [-0.05, 0) is 38.0 Å². The number of carbonyl (C=O) groups is 1. The highest BCUT2D eigenvalue weighted by Crippen LogP contribution is 2.36. The van der Waals surface area contributed by atoms with E-state index in [4.69, 9.17) is 5.11 Å². The molecule has 1 fully saturated rings. The molecule has 0 aliphatic heterocycles. The Morgan fingerprint density at radius 1 is 1.39 bits per heavy atom. The lowest BCUT2D eigenvalue weighted by Gasteiger charge is -2.30. The summed E-state index contributed by atoms with van der Waals surface area (Å²) < 4.78 is 0. The van der Waals surface area contributed by atoms with Gasteiger partial charge in [-0.3, -0.25) is 0 Å². The van der Waals surface area contributed by atoms with E-state index in [0.29, 0.717) is 6.42 Å². The van der Waals surface area contributed by atoms with Gasteiger partial charge in [0.1, 0.15) is 0 Å². The average Bonchev–Trinajstić information content (AvgIpc) is 2.75. The first-order valence-corrected chi connectivity index (χ1v) is 7.10. The van der Waals surface area contributed by atoms with Crippen molar-refractivity contribution in [2.45, 2.75) is 64.8 Å². The van der Waals surface area contributed by atoms with E-state index < -0.39 is 0 Å². The van der Waals surface area contributed by atoms with Crippen molar-refractivity contribution in [3.05, 3.63) is 0 Å². The molecule has 0 heterocycles. The topological polar surface area (TPSA) is 61.4 Å². The van der Waals surface area contributed by atoms with E-state index in [2.05, 4.69) is 17.6 Å². The SMILES string of the molecule is CCC(C)(CCO)NC(=O)NCC1(C)CCCC1. The first-order valence-electron chi connectivity index (χ1n) is 7.10. The molecular weight excluding hydrogens is 228 g/mol. The van der Waals surface area contributed by atoms with E-state index in [1.165, 1.54) is 25.7 Å². The molecule has 1 aliphatic carbocycles. The summed E-state index contributed by atoms with van der Waals surface area (Å²) in [6.07, 6.45) is 6.37. The molecule has 1 rings (SSSR count). The quantitative estimate of drug-likeness (QED) is 0.683. The van der Waals surface area contributed by atoms with Gasteiger partial charge in [0.25, 0.3) is 0 Å². The van der Waals surface area contributed by atoms with Gasteiger partial charge in [-0.15, -0.1) is 0 Å². The van der Waals surface area contributed by atoms with Crippen LogP contribution in [0, 0.1) is 5.41 Å². The number of aliphatic hydroxyl groups is 1. The van der Waals surface area contributed by atoms with Crippen molar-refractivity contribution in [1.29, 1.82) is 0 Å². The molecule has 106 valence electrons. The highest BCUT2D eigenvalue weighted by molar-refractivity contribution is 5.74. The molecule has 1 unspecified atom stereocenters. The van der Waals surface area contributed by atoms with Gasteiger partial charge in [-0.1, -0.05) is 26.7 Å². The average molecular weight is 256 g/mol. The number of amides is 2. The molecule has 0 radical (unpaired) electrons. The number of hydrogen-bond acceptors (Lipinski definition) is 2. The largest absolute Gasteiger partial charge is 0.396 e. The summed E-state index contributed by atoms with van der Waals surface area (Å²) in [6.45, 7) is 7.08. The van der Waals surface area contributed by atoms with Crippen LogP contribution in [0.1, 0.15) is 59.3 Å². The van der Waals surface area contributed by atoms with Crippen LogP contribution < -0.4 is 10.6 Å². The molecule has 2 amide bonds. The van der Waals surface area contributed by atoms with Crippen LogP contribution in [0.25, 0.3) is 0 Å². The summed E-state index contributed by atoms with van der Waals surface area (Å²) in [6, 6.07) is -0.110. The Bertz CT molecular complexity index is 275. The smallest absolute Gasteiger partial charge is 0.315 e. The van der Waals surface area contributed by atoms with Crippen LogP contribution in [-0.4, -0.2) is 29.8 Å². The number of urea groups is 1. The molecule has 0 aromatic carbocycles. The zero-order chi connectivity index (χ0) is 13.6. The van der Waals surface area contributed by atoms with Crippen molar-refractivity contribution >= 4 is 6.03 Å². The van der Waals surface area contributed by atoms with Crippen LogP contribution in [0.2, 0.25) is 0 Å². The second-order valence-corrected chi connectivity index (χ2v) is 6.21. The molecule has 3 N–H and O–H groups in total. The molecule has 18 heavy (non-hydrogen) atoms. The van der Waals surface area contributed by atoms with Crippen LogP contribution in [0.3, 0.4) is 0 Å². The molecule has 0 bridgehead atoms. The third-order valence-electron chi connectivity index (χ3n) is 4.35. The first kappa shape index (κ1) is 15.3. The first-order chi connectivity index (χ1) is 8.43. The summed E-state index contributed by atoms with van der Waals surface area (Å²) >= 11 is 0. The number of aliphatic hydroxyl groups excluding tert-OH is 1. The lowest BCUT2D eigenvalue weighted by molar-refractivity contribution is 0.196. The fourth-order valence-corrected chi connectivity index (χ4v) is 2.59. The van der Waals surface area contributed by atoms with E-state index in [-0.39, 0.29) is 23.6 Å². The minimum absolute atomic E-state index is 0.0995. The molecule has 1 atom stereocenters. The van der Waals surface area contributed by atoms with Crippen LogP contribution in [-0.2, 0) is 0 Å². The fourth-order valence-electron chi connectivity index (χ4n) is 2.59. The maximum absolute atomic E-state index is 11.9. The molecule has 1 saturated carbocycles. The molecule has 1 aliphatic rings. The summed E-state index contributed by atoms with van der Waals surface area (Å²) in [5.41, 5.74) is -0.0354. The van der Waals surface area contributed by atoms with Crippen molar-refractivity contribution in [3.8, 4) is 0 Å². The fraction of sp³-hybridized carbons (Fsp3) is 0.929. The Balaban J connectivity index is 2.36. The van der Waals surface area contributed by atoms with E-state index in [1.54, 1.807) is 0 Å². The highest BCUT2D eigenvalue weighted by Gasteiger charge is 2.30. The van der Waals surface area contributed by atoms with Crippen LogP contribution in [0.15, 0.2) is 0 Å². The Morgan fingerprint density at radius 2 is 2.00 bits per heavy atom. The lowest BCUT2D eigenvalue weighted by Crippen LogP contribution is -2.51. The van der Waals surface area contributed by atoms with Gasteiger partial charge in [-0.2, -0.15) is 0 Å². The van der Waals surface area contributed by atoms with Crippen molar-refractivity contribution in [2.24, 2.45) is 5.41 Å². The van der Waals surface area contributed by atoms with Gasteiger partial charge in [0.05, 0.1) is 0 Å². The van der Waals surface area contributed by atoms with Gasteiger partial charge in [0, 0.05) is 18.7 Å². The van der Waals surface area contributed by atoms with E-state index in [9.17, 15) is 4.79 Å². The number of hydrogen-bond donors (Lipinski definition) is 3. The molecule has 4 nitrogen and oxygen atoms in total. The van der Waals surface area contributed by atoms with Crippen molar-refractivity contribution < 1.29 is 9.90 Å². The van der Waals surface area contributed by atoms with Crippen LogP contribution in [0.5, 0.6) is 0 Å². The number of nitrogens with one attached hydrogen (secondary N) is 2. The lowest BCUT2D eigenvalue weighted by atomic mass is 9.89. The highest BCUT2D eigenvalue weighted by atomic mass is 16.3. The van der Waals surface area contributed by atoms with E-state index in [0.717, 1.165) is 13.0 Å². The summed E-state index contributed by atoms with van der Waals surface area (Å²) in [5, 5.41) is 15.0. The monoisotopic (exact) mass is 256 g/mol. The molecule has 0 spiro atoms. The Labute approximate surface area is 111 Å². The van der Waals surface area contributed by atoms with E-state index in [1.807, 2.05) is 13.8 Å². The predicted molar refractivity (Wildman–Crippen MR) is 73.5 cm³/mol. The zero-order valence-corrected chi connectivity index (χ0v) is 12.0. The van der Waals surface area contributed by atoms with Gasteiger partial charge in [0.15, 0.2) is 0 Å². The zero-order valence-electron chi connectivity index (χ0n) is 12.0.